The number of halogens is 2. The van der Waals surface area contributed by atoms with Gasteiger partial charge in [0.15, 0.2) is 5.69 Å². The Bertz CT molecular complexity index is 407. The van der Waals surface area contributed by atoms with Crippen molar-refractivity contribution in [3.8, 4) is 0 Å². The van der Waals surface area contributed by atoms with Crippen molar-refractivity contribution in [1.82, 2.24) is 15.1 Å². The molecule has 0 unspecified atom stereocenters. The summed E-state index contributed by atoms with van der Waals surface area (Å²) in [5.41, 5.74) is 5.04. The minimum absolute atomic E-state index is 0.149. The maximum absolute atomic E-state index is 12.9. The van der Waals surface area contributed by atoms with Gasteiger partial charge in [0.2, 0.25) is 0 Å². The lowest BCUT2D eigenvalue weighted by atomic mass is 10.3. The predicted molar refractivity (Wildman–Crippen MR) is 62.5 cm³/mol. The van der Waals surface area contributed by atoms with Crippen molar-refractivity contribution in [3.05, 3.63) is 17.8 Å². The number of carbonyl (C=O) groups is 1. The van der Waals surface area contributed by atoms with Gasteiger partial charge in [-0.05, 0) is 12.1 Å². The van der Waals surface area contributed by atoms with Crippen molar-refractivity contribution in [2.75, 3.05) is 32.5 Å². The lowest BCUT2D eigenvalue weighted by Crippen LogP contribution is -2.35. The van der Waals surface area contributed by atoms with Crippen LogP contribution in [0.15, 0.2) is 12.1 Å². The molecule has 0 aliphatic rings. The Balaban J connectivity index is 2.64. The van der Waals surface area contributed by atoms with Crippen LogP contribution in [0.1, 0.15) is 10.5 Å². The van der Waals surface area contributed by atoms with Crippen LogP contribution in [0.25, 0.3) is 0 Å². The molecule has 0 radical (unpaired) electrons. The van der Waals surface area contributed by atoms with E-state index < -0.39 is 19.0 Å². The van der Waals surface area contributed by atoms with Crippen molar-refractivity contribution in [1.29, 1.82) is 0 Å². The van der Waals surface area contributed by atoms with Crippen LogP contribution in [0.5, 0.6) is 0 Å². The average Bonchev–Trinajstić information content (AvgIpc) is 2.36. The minimum atomic E-state index is -3.00. The maximum atomic E-state index is 12.9. The average molecular weight is 259 g/mol. The molecule has 6 nitrogen and oxygen atoms in total. The summed E-state index contributed by atoms with van der Waals surface area (Å²) < 4.78 is 25.7. The van der Waals surface area contributed by atoms with E-state index in [0.29, 0.717) is 0 Å². The summed E-state index contributed by atoms with van der Waals surface area (Å²) in [6, 6.07) is 2.83. The second kappa shape index (κ2) is 5.67. The number of amides is 1. The minimum Gasteiger partial charge on any atom is -0.362 e. The molecule has 0 saturated carbocycles. The molecule has 100 valence electrons. The molecule has 1 amide bonds. The highest BCUT2D eigenvalue weighted by Crippen LogP contribution is 2.12. The van der Waals surface area contributed by atoms with Gasteiger partial charge < -0.3 is 16.0 Å². The van der Waals surface area contributed by atoms with Gasteiger partial charge in [-0.2, -0.15) is 0 Å². The number of carbonyl (C=O) groups excluding carboxylic acids is 1. The van der Waals surface area contributed by atoms with Crippen LogP contribution in [0.3, 0.4) is 0 Å². The summed E-state index contributed by atoms with van der Waals surface area (Å²) in [4.78, 5) is 12.8. The third-order valence-electron chi connectivity index (χ3n) is 2.12. The summed E-state index contributed by atoms with van der Waals surface area (Å²) in [6.07, 6.45) is 0. The fourth-order valence-electron chi connectivity index (χ4n) is 1.06. The monoisotopic (exact) mass is 259 g/mol. The second-order valence-electron chi connectivity index (χ2n) is 3.92. The molecule has 1 aromatic rings. The summed E-state index contributed by atoms with van der Waals surface area (Å²) in [5, 5.41) is 9.69. The Morgan fingerprint density at radius 3 is 2.56 bits per heavy atom. The number of nitrogens with zero attached hydrogens (tertiary/aromatic N) is 3. The highest BCUT2D eigenvalue weighted by molar-refractivity contribution is 5.91. The highest BCUT2D eigenvalue weighted by Gasteiger charge is 2.26. The molecule has 0 aliphatic carbocycles. The number of nitrogens with one attached hydrogen (secondary N) is 1. The van der Waals surface area contributed by atoms with Crippen LogP contribution < -0.4 is 11.1 Å². The first-order valence-electron chi connectivity index (χ1n) is 5.23. The molecule has 0 aromatic carbocycles. The van der Waals surface area contributed by atoms with Crippen LogP contribution in [0, 0.1) is 0 Å². The first-order chi connectivity index (χ1) is 8.35. The van der Waals surface area contributed by atoms with Gasteiger partial charge in [0.1, 0.15) is 5.82 Å². The molecule has 18 heavy (non-hydrogen) atoms. The van der Waals surface area contributed by atoms with Crippen LogP contribution >= 0.6 is 0 Å². The van der Waals surface area contributed by atoms with Crippen LogP contribution in [-0.2, 0) is 0 Å². The summed E-state index contributed by atoms with van der Waals surface area (Å²) in [7, 11) is 3.16. The molecule has 0 bridgehead atoms. The zero-order chi connectivity index (χ0) is 13.8. The van der Waals surface area contributed by atoms with E-state index in [1.807, 2.05) is 0 Å². The van der Waals surface area contributed by atoms with Crippen molar-refractivity contribution in [2.45, 2.75) is 5.92 Å². The second-order valence-corrected chi connectivity index (χ2v) is 3.92. The molecular formula is C10H15F2N5O. The lowest BCUT2D eigenvalue weighted by molar-refractivity contribution is 0.0253. The number of alkyl halides is 2. The van der Waals surface area contributed by atoms with E-state index in [0.717, 1.165) is 0 Å². The molecule has 0 atom stereocenters. The number of hydrogen-bond donors (Lipinski definition) is 2. The first-order valence-corrected chi connectivity index (χ1v) is 5.23. The van der Waals surface area contributed by atoms with E-state index in [1.54, 1.807) is 14.1 Å². The van der Waals surface area contributed by atoms with Gasteiger partial charge in [-0.15, -0.1) is 10.2 Å². The fourth-order valence-corrected chi connectivity index (χ4v) is 1.06. The maximum Gasteiger partial charge on any atom is 0.276 e. The number of nitrogens with two attached hydrogens (primary N) is 1. The summed E-state index contributed by atoms with van der Waals surface area (Å²) in [6.45, 7) is -1.37. The van der Waals surface area contributed by atoms with Gasteiger partial charge in [0.25, 0.3) is 11.8 Å². The number of aromatic nitrogens is 2. The molecular weight excluding hydrogens is 244 g/mol. The topological polar surface area (TPSA) is 84.1 Å². The molecule has 0 saturated heterocycles. The molecule has 0 spiro atoms. The quantitative estimate of drug-likeness (QED) is 0.788. The first kappa shape index (κ1) is 14.2. The van der Waals surface area contributed by atoms with E-state index in [-0.39, 0.29) is 17.4 Å². The van der Waals surface area contributed by atoms with Crippen molar-refractivity contribution in [3.63, 3.8) is 0 Å². The van der Waals surface area contributed by atoms with Gasteiger partial charge >= 0.3 is 0 Å². The van der Waals surface area contributed by atoms with Crippen molar-refractivity contribution in [2.24, 2.45) is 5.73 Å². The van der Waals surface area contributed by atoms with Gasteiger partial charge in [-0.3, -0.25) is 4.79 Å². The zero-order valence-electron chi connectivity index (χ0n) is 10.2. The van der Waals surface area contributed by atoms with E-state index in [9.17, 15) is 13.6 Å². The van der Waals surface area contributed by atoms with Gasteiger partial charge in [-0.25, -0.2) is 8.78 Å². The lowest BCUT2D eigenvalue weighted by Gasteiger charge is -2.14. The third-order valence-corrected chi connectivity index (χ3v) is 2.12. The summed E-state index contributed by atoms with van der Waals surface area (Å²) in [5.74, 6) is -3.14. The van der Waals surface area contributed by atoms with E-state index in [1.165, 1.54) is 17.0 Å². The standard InChI is InChI=1S/C10H15F2N5O/c1-17(2)9(18)7-3-4-8(16-15-7)14-6-10(11,12)5-13/h3-4H,5-6,13H2,1-2H3,(H,14,16). The zero-order valence-corrected chi connectivity index (χ0v) is 10.2. The van der Waals surface area contributed by atoms with Crippen LogP contribution in [0.4, 0.5) is 14.6 Å². The third kappa shape index (κ3) is 3.88. The van der Waals surface area contributed by atoms with Gasteiger partial charge in [-0.1, -0.05) is 0 Å². The Labute approximate surface area is 103 Å². The number of hydrogen-bond acceptors (Lipinski definition) is 5. The number of rotatable bonds is 5. The normalized spacial score (nSPS) is 11.2. The largest absolute Gasteiger partial charge is 0.362 e. The molecule has 3 N–H and O–H groups in total. The van der Waals surface area contributed by atoms with Crippen molar-refractivity contribution >= 4 is 11.7 Å². The van der Waals surface area contributed by atoms with Crippen molar-refractivity contribution < 1.29 is 13.6 Å². The van der Waals surface area contributed by atoms with Gasteiger partial charge in [0, 0.05) is 14.1 Å². The molecule has 0 fully saturated rings. The molecule has 1 rings (SSSR count). The number of anilines is 1. The van der Waals surface area contributed by atoms with E-state index in [4.69, 9.17) is 5.73 Å². The predicted octanol–water partition coefficient (Wildman–Crippen LogP) is 0.184. The summed E-state index contributed by atoms with van der Waals surface area (Å²) >= 11 is 0. The van der Waals surface area contributed by atoms with Crippen LogP contribution in [-0.4, -0.2) is 54.1 Å². The molecule has 1 aromatic heterocycles. The highest BCUT2D eigenvalue weighted by atomic mass is 19.3. The molecule has 1 heterocycles. The fraction of sp³-hybridized carbons (Fsp3) is 0.500. The van der Waals surface area contributed by atoms with E-state index >= 15 is 0 Å². The Kier molecular flexibility index (Phi) is 4.49. The Morgan fingerprint density at radius 1 is 1.44 bits per heavy atom. The van der Waals surface area contributed by atoms with Crippen LogP contribution in [0.2, 0.25) is 0 Å². The Morgan fingerprint density at radius 2 is 2.11 bits per heavy atom. The van der Waals surface area contributed by atoms with E-state index in [2.05, 4.69) is 15.5 Å². The molecule has 8 heteroatoms. The molecule has 0 aliphatic heterocycles. The Hall–Kier alpha value is -1.83. The SMILES string of the molecule is CN(C)C(=O)c1ccc(NCC(F)(F)CN)nn1. The smallest absolute Gasteiger partial charge is 0.276 e. The van der Waals surface area contributed by atoms with Gasteiger partial charge in [0.05, 0.1) is 13.1 Å².